The van der Waals surface area contributed by atoms with E-state index in [2.05, 4.69) is 47.2 Å². The lowest BCUT2D eigenvalue weighted by Crippen LogP contribution is -2.09. The Kier molecular flexibility index (Phi) is 7.94. The molecule has 0 bridgehead atoms. The average Bonchev–Trinajstić information content (AvgIpc) is 2.94. The van der Waals surface area contributed by atoms with Crippen LogP contribution in [-0.2, 0) is 14.3 Å². The van der Waals surface area contributed by atoms with E-state index in [1.807, 2.05) is 48.5 Å². The van der Waals surface area contributed by atoms with Gasteiger partial charge in [0.1, 0.15) is 11.7 Å². The molecule has 4 aromatic rings. The minimum absolute atomic E-state index is 0.0152. The third-order valence-corrected chi connectivity index (χ3v) is 5.59. The van der Waals surface area contributed by atoms with Gasteiger partial charge in [0.05, 0.1) is 13.4 Å². The van der Waals surface area contributed by atoms with E-state index in [0.29, 0.717) is 5.39 Å². The van der Waals surface area contributed by atoms with Gasteiger partial charge in [-0.05, 0) is 28.7 Å². The van der Waals surface area contributed by atoms with E-state index in [4.69, 9.17) is 9.47 Å². The lowest BCUT2D eigenvalue weighted by atomic mass is 9.94. The molecule has 180 valence electrons. The number of carbonyl (C=O) groups excluding carboxylic acids is 2. The summed E-state index contributed by atoms with van der Waals surface area (Å²) in [6, 6.07) is 31.4. The van der Waals surface area contributed by atoms with Crippen molar-refractivity contribution in [3.63, 3.8) is 0 Å². The molecule has 4 aromatic carbocycles. The van der Waals surface area contributed by atoms with Gasteiger partial charge < -0.3 is 14.2 Å². The molecule has 0 fully saturated rings. The van der Waals surface area contributed by atoms with Crippen molar-refractivity contribution in [1.82, 2.24) is 0 Å². The van der Waals surface area contributed by atoms with Crippen molar-refractivity contribution >= 4 is 28.3 Å². The summed E-state index contributed by atoms with van der Waals surface area (Å²) in [5.74, 6) is -0.763. The number of esters is 2. The smallest absolute Gasteiger partial charge is 0.341 e. The quantitative estimate of drug-likeness (QED) is 0.236. The van der Waals surface area contributed by atoms with Crippen LogP contribution in [-0.4, -0.2) is 19.0 Å². The number of hydrogen-bond acceptors (Lipinski definition) is 5. The van der Waals surface area contributed by atoms with E-state index in [0.717, 1.165) is 5.39 Å². The van der Waals surface area contributed by atoms with E-state index < -0.39 is 11.9 Å². The molecule has 5 rings (SSSR count). The van der Waals surface area contributed by atoms with Crippen molar-refractivity contribution in [3.05, 3.63) is 132 Å². The summed E-state index contributed by atoms with van der Waals surface area (Å²) in [6.07, 6.45) is 5.81. The van der Waals surface area contributed by atoms with Crippen molar-refractivity contribution in [2.45, 2.75) is 13.0 Å². The molecule has 0 saturated carbocycles. The molecule has 1 aliphatic heterocycles. The van der Waals surface area contributed by atoms with Crippen LogP contribution in [0.2, 0.25) is 0 Å². The highest BCUT2D eigenvalue weighted by Gasteiger charge is 2.20. The van der Waals surface area contributed by atoms with Crippen LogP contribution >= 0.6 is 0 Å². The Morgan fingerprint density at radius 1 is 0.806 bits per heavy atom. The van der Waals surface area contributed by atoms with Crippen LogP contribution in [0.15, 0.2) is 115 Å². The molecule has 0 spiro atoms. The first-order chi connectivity index (χ1) is 17.6. The van der Waals surface area contributed by atoms with Crippen molar-refractivity contribution < 1.29 is 23.8 Å². The lowest BCUT2D eigenvalue weighted by molar-refractivity contribution is -0.131. The van der Waals surface area contributed by atoms with Gasteiger partial charge in [0, 0.05) is 17.9 Å². The standard InChI is InChI=1S/C17H14O.C14H12O4/c1-3-8-14(9-4-1)16-12-7-13-18-17(16)15-10-5-2-6-11-15;1-9(15)18-13-11-6-4-3-5-10(11)7-8-12(13)14(16)17-2/h1-13,17H;3-8H,1-2H3. The zero-order valence-electron chi connectivity index (χ0n) is 20.1. The van der Waals surface area contributed by atoms with E-state index in [1.54, 1.807) is 24.5 Å². The van der Waals surface area contributed by atoms with Gasteiger partial charge in [-0.3, -0.25) is 4.79 Å². The van der Waals surface area contributed by atoms with Gasteiger partial charge in [-0.15, -0.1) is 0 Å². The summed E-state index contributed by atoms with van der Waals surface area (Å²) in [7, 11) is 1.29. The Morgan fingerprint density at radius 3 is 2.17 bits per heavy atom. The zero-order valence-corrected chi connectivity index (χ0v) is 20.1. The molecule has 5 nitrogen and oxygen atoms in total. The normalized spacial score (nSPS) is 14.1. The number of carbonyl (C=O) groups is 2. The minimum Gasteiger partial charge on any atom is -0.489 e. The maximum atomic E-state index is 11.6. The van der Waals surface area contributed by atoms with Crippen LogP contribution in [0.1, 0.15) is 34.5 Å². The SMILES string of the molecule is C1=COC(c2ccccc2)C(c2ccccc2)=C1.COC(=O)c1ccc2ccccc2c1OC(C)=O. The Morgan fingerprint density at radius 2 is 1.47 bits per heavy atom. The van der Waals surface area contributed by atoms with Gasteiger partial charge in [-0.2, -0.15) is 0 Å². The average molecular weight is 479 g/mol. The zero-order chi connectivity index (χ0) is 25.3. The molecule has 1 aliphatic rings. The summed E-state index contributed by atoms with van der Waals surface area (Å²) in [6.45, 7) is 1.29. The first-order valence-corrected chi connectivity index (χ1v) is 11.5. The van der Waals surface area contributed by atoms with Crippen LogP contribution in [0.4, 0.5) is 0 Å². The molecule has 0 radical (unpaired) electrons. The van der Waals surface area contributed by atoms with Crippen LogP contribution in [0.3, 0.4) is 0 Å². The van der Waals surface area contributed by atoms with Crippen molar-refractivity contribution in [2.75, 3.05) is 7.11 Å². The maximum Gasteiger partial charge on any atom is 0.341 e. The van der Waals surface area contributed by atoms with Crippen LogP contribution < -0.4 is 4.74 Å². The summed E-state index contributed by atoms with van der Waals surface area (Å²) < 4.78 is 15.6. The molecular formula is C31H26O5. The Balaban J connectivity index is 0.000000169. The highest BCUT2D eigenvalue weighted by Crippen LogP contribution is 2.35. The first-order valence-electron chi connectivity index (χ1n) is 11.5. The molecule has 1 atom stereocenters. The van der Waals surface area contributed by atoms with Gasteiger partial charge in [0.15, 0.2) is 5.75 Å². The van der Waals surface area contributed by atoms with Gasteiger partial charge in [0.2, 0.25) is 0 Å². The van der Waals surface area contributed by atoms with E-state index in [-0.39, 0.29) is 17.4 Å². The lowest BCUT2D eigenvalue weighted by Gasteiger charge is -2.23. The summed E-state index contributed by atoms with van der Waals surface area (Å²) >= 11 is 0. The highest BCUT2D eigenvalue weighted by atomic mass is 16.5. The topological polar surface area (TPSA) is 61.8 Å². The molecule has 36 heavy (non-hydrogen) atoms. The predicted octanol–water partition coefficient (Wildman–Crippen LogP) is 6.91. The Labute approximate surface area is 210 Å². The molecular weight excluding hydrogens is 452 g/mol. The number of fused-ring (bicyclic) bond motifs is 1. The van der Waals surface area contributed by atoms with Gasteiger partial charge >= 0.3 is 11.9 Å². The second-order valence-corrected chi connectivity index (χ2v) is 7.99. The number of rotatable bonds is 4. The van der Waals surface area contributed by atoms with Gasteiger partial charge in [-0.25, -0.2) is 4.79 Å². The van der Waals surface area contributed by atoms with Crippen molar-refractivity contribution in [3.8, 4) is 5.75 Å². The largest absolute Gasteiger partial charge is 0.489 e. The molecule has 0 aliphatic carbocycles. The van der Waals surface area contributed by atoms with Gasteiger partial charge in [-0.1, -0.05) is 97.1 Å². The van der Waals surface area contributed by atoms with E-state index in [1.165, 1.54) is 30.7 Å². The van der Waals surface area contributed by atoms with Crippen LogP contribution in [0.25, 0.3) is 16.3 Å². The predicted molar refractivity (Wildman–Crippen MR) is 140 cm³/mol. The molecule has 1 heterocycles. The summed E-state index contributed by atoms with van der Waals surface area (Å²) in [5, 5.41) is 1.59. The fourth-order valence-electron chi connectivity index (χ4n) is 3.96. The molecule has 0 N–H and O–H groups in total. The monoisotopic (exact) mass is 478 g/mol. The maximum absolute atomic E-state index is 11.6. The number of ether oxygens (including phenoxy) is 3. The second kappa shape index (κ2) is 11.7. The highest BCUT2D eigenvalue weighted by molar-refractivity contribution is 6.02. The van der Waals surface area contributed by atoms with Crippen LogP contribution in [0.5, 0.6) is 5.75 Å². The third-order valence-electron chi connectivity index (χ3n) is 5.59. The second-order valence-electron chi connectivity index (χ2n) is 7.99. The summed E-state index contributed by atoms with van der Waals surface area (Å²) in [4.78, 5) is 22.8. The Bertz CT molecular complexity index is 1410. The van der Waals surface area contributed by atoms with Gasteiger partial charge in [0.25, 0.3) is 0 Å². The van der Waals surface area contributed by atoms with E-state index in [9.17, 15) is 9.59 Å². The van der Waals surface area contributed by atoms with Crippen molar-refractivity contribution in [1.29, 1.82) is 0 Å². The molecule has 0 amide bonds. The number of hydrogen-bond donors (Lipinski definition) is 0. The Hall–Kier alpha value is -4.64. The molecule has 1 unspecified atom stereocenters. The van der Waals surface area contributed by atoms with E-state index >= 15 is 0 Å². The molecule has 0 aromatic heterocycles. The third kappa shape index (κ3) is 5.70. The van der Waals surface area contributed by atoms with Crippen LogP contribution in [0, 0.1) is 0 Å². The summed E-state index contributed by atoms with van der Waals surface area (Å²) in [5.41, 5.74) is 3.82. The first kappa shape index (κ1) is 24.5. The number of methoxy groups -OCH3 is 1. The molecule has 5 heteroatoms. The molecule has 0 saturated heterocycles. The van der Waals surface area contributed by atoms with Crippen molar-refractivity contribution in [2.24, 2.45) is 0 Å². The minimum atomic E-state index is -0.531. The number of benzene rings is 4. The fourth-order valence-corrected chi connectivity index (χ4v) is 3.96. The number of allylic oxidation sites excluding steroid dienone is 2. The fraction of sp³-hybridized carbons (Fsp3) is 0.0968.